The molecule has 3 rings (SSSR count). The van der Waals surface area contributed by atoms with Gasteiger partial charge in [0.2, 0.25) is 0 Å². The van der Waals surface area contributed by atoms with Crippen LogP contribution in [-0.4, -0.2) is 16.6 Å². The zero-order valence-electron chi connectivity index (χ0n) is 11.5. The van der Waals surface area contributed by atoms with Crippen LogP contribution in [0.5, 0.6) is 0 Å². The van der Waals surface area contributed by atoms with Crippen molar-refractivity contribution in [1.82, 2.24) is 5.43 Å². The minimum atomic E-state index is 0.492. The molecule has 1 heterocycles. The molecule has 1 aliphatic heterocycles. The molecule has 2 aromatic rings. The number of hydrogen-bond acceptors (Lipinski definition) is 3. The molecule has 0 atom stereocenters. The van der Waals surface area contributed by atoms with Gasteiger partial charge in [0.1, 0.15) is 0 Å². The van der Waals surface area contributed by atoms with Crippen LogP contribution in [0.25, 0.3) is 0 Å². The Bertz CT molecular complexity index is 820. The molecular weight excluding hydrogens is 396 g/mol. The van der Waals surface area contributed by atoms with E-state index in [2.05, 4.69) is 15.5 Å². The maximum Gasteiger partial charge on any atom is 0.182 e. The second-order valence-electron chi connectivity index (χ2n) is 4.60. The largest absolute Gasteiger partial charge is 0.255 e. The summed E-state index contributed by atoms with van der Waals surface area (Å²) in [6.45, 7) is 0. The molecule has 0 saturated heterocycles. The molecule has 0 fully saturated rings. The van der Waals surface area contributed by atoms with Crippen molar-refractivity contribution in [3.63, 3.8) is 0 Å². The van der Waals surface area contributed by atoms with E-state index >= 15 is 0 Å². The average Bonchev–Trinajstić information content (AvgIpc) is 2.53. The predicted molar refractivity (Wildman–Crippen MR) is 102 cm³/mol. The second-order valence-corrected chi connectivity index (χ2v) is 7.22. The molecule has 1 aliphatic rings. The van der Waals surface area contributed by atoms with E-state index in [0.29, 0.717) is 36.7 Å². The van der Waals surface area contributed by atoms with Crippen LogP contribution in [0.2, 0.25) is 20.1 Å². The molecule has 1 N–H and O–H groups in total. The molecule has 0 amide bonds. The number of thioether (sulfide) groups is 1. The number of hydrazone groups is 1. The quantitative estimate of drug-likeness (QED) is 0.663. The zero-order chi connectivity index (χ0) is 16.4. The van der Waals surface area contributed by atoms with Crippen molar-refractivity contribution in [2.24, 2.45) is 10.1 Å². The van der Waals surface area contributed by atoms with Crippen molar-refractivity contribution in [3.8, 4) is 0 Å². The van der Waals surface area contributed by atoms with Crippen molar-refractivity contribution in [2.45, 2.75) is 0 Å². The van der Waals surface area contributed by atoms with E-state index in [1.807, 2.05) is 6.07 Å². The normalized spacial score (nSPS) is 16.2. The Morgan fingerprint density at radius 1 is 0.957 bits per heavy atom. The fraction of sp³-hybridized carbons (Fsp3) is 0.0667. The molecule has 0 spiro atoms. The summed E-state index contributed by atoms with van der Waals surface area (Å²) in [7, 11) is 0. The van der Waals surface area contributed by atoms with E-state index in [1.165, 1.54) is 11.8 Å². The molecule has 0 unspecified atom stereocenters. The van der Waals surface area contributed by atoms with E-state index in [-0.39, 0.29) is 0 Å². The number of hydrogen-bond donors (Lipinski definition) is 1. The van der Waals surface area contributed by atoms with E-state index in [0.717, 1.165) is 11.3 Å². The molecule has 0 radical (unpaired) electrons. The van der Waals surface area contributed by atoms with Crippen LogP contribution in [-0.2, 0) is 0 Å². The topological polar surface area (TPSA) is 36.8 Å². The second kappa shape index (κ2) is 7.32. The standard InChI is InChI=1S/C15H9Cl4N3S/c16-9-2-4-13(12(19)6-9)20-15-22-21-14(7-23-15)8-1-3-10(17)11(18)5-8/h1-6H,7H2,(H,20,22). The van der Waals surface area contributed by atoms with Gasteiger partial charge in [0.15, 0.2) is 5.17 Å². The lowest BCUT2D eigenvalue weighted by Crippen LogP contribution is -2.25. The zero-order valence-corrected chi connectivity index (χ0v) is 15.3. The molecule has 3 nitrogen and oxygen atoms in total. The summed E-state index contributed by atoms with van der Waals surface area (Å²) in [5.74, 6) is 0.662. The first-order valence-corrected chi connectivity index (χ1v) is 8.97. The summed E-state index contributed by atoms with van der Waals surface area (Å²) in [6.07, 6.45) is 0. The van der Waals surface area contributed by atoms with Crippen LogP contribution in [0.1, 0.15) is 5.56 Å². The number of halogens is 4. The van der Waals surface area contributed by atoms with Gasteiger partial charge in [0, 0.05) is 16.3 Å². The highest BCUT2D eigenvalue weighted by molar-refractivity contribution is 8.14. The van der Waals surface area contributed by atoms with Gasteiger partial charge in [-0.3, -0.25) is 5.43 Å². The highest BCUT2D eigenvalue weighted by Gasteiger charge is 2.14. The van der Waals surface area contributed by atoms with Gasteiger partial charge in [-0.05, 0) is 30.3 Å². The monoisotopic (exact) mass is 403 g/mol. The van der Waals surface area contributed by atoms with Gasteiger partial charge in [-0.25, -0.2) is 4.99 Å². The Balaban J connectivity index is 1.79. The molecule has 2 aromatic carbocycles. The Kier molecular flexibility index (Phi) is 5.39. The highest BCUT2D eigenvalue weighted by atomic mass is 35.5. The SMILES string of the molecule is Clc1ccc(N=C2NN=C(c3ccc(Cl)c(Cl)c3)CS2)c(Cl)c1. The number of benzene rings is 2. The number of nitrogens with one attached hydrogen (secondary N) is 1. The predicted octanol–water partition coefficient (Wildman–Crippen LogP) is 6.03. The molecule has 0 bridgehead atoms. The van der Waals surface area contributed by atoms with Gasteiger partial charge >= 0.3 is 0 Å². The first kappa shape index (κ1) is 16.9. The van der Waals surface area contributed by atoms with Crippen molar-refractivity contribution in [2.75, 3.05) is 5.75 Å². The Morgan fingerprint density at radius 3 is 2.43 bits per heavy atom. The molecule has 118 valence electrons. The Morgan fingerprint density at radius 2 is 1.78 bits per heavy atom. The lowest BCUT2D eigenvalue weighted by Gasteiger charge is -2.15. The highest BCUT2D eigenvalue weighted by Crippen LogP contribution is 2.29. The number of aliphatic imine (C=N–C) groups is 1. The molecule has 0 saturated carbocycles. The molecule has 0 aliphatic carbocycles. The number of nitrogens with zero attached hydrogens (tertiary/aromatic N) is 2. The minimum Gasteiger partial charge on any atom is -0.255 e. The molecule has 23 heavy (non-hydrogen) atoms. The van der Waals surface area contributed by atoms with Gasteiger partial charge < -0.3 is 0 Å². The Labute approximate surface area is 157 Å². The van der Waals surface area contributed by atoms with Crippen LogP contribution < -0.4 is 5.43 Å². The van der Waals surface area contributed by atoms with E-state index in [4.69, 9.17) is 46.4 Å². The minimum absolute atomic E-state index is 0.492. The van der Waals surface area contributed by atoms with E-state index in [1.54, 1.807) is 30.3 Å². The van der Waals surface area contributed by atoms with Crippen LogP contribution in [0.3, 0.4) is 0 Å². The van der Waals surface area contributed by atoms with Gasteiger partial charge in [0.25, 0.3) is 0 Å². The van der Waals surface area contributed by atoms with Crippen molar-refractivity contribution in [3.05, 3.63) is 62.1 Å². The van der Waals surface area contributed by atoms with Gasteiger partial charge in [-0.2, -0.15) is 5.10 Å². The third kappa shape index (κ3) is 4.14. The average molecular weight is 405 g/mol. The summed E-state index contributed by atoms with van der Waals surface area (Å²) < 4.78 is 0. The third-order valence-electron chi connectivity index (χ3n) is 3.02. The van der Waals surface area contributed by atoms with Crippen molar-refractivity contribution >= 4 is 74.7 Å². The van der Waals surface area contributed by atoms with Crippen LogP contribution in [0.15, 0.2) is 46.5 Å². The fourth-order valence-electron chi connectivity index (χ4n) is 1.88. The number of amidine groups is 1. The fourth-order valence-corrected chi connectivity index (χ4v) is 3.41. The van der Waals surface area contributed by atoms with Crippen molar-refractivity contribution in [1.29, 1.82) is 0 Å². The van der Waals surface area contributed by atoms with Crippen LogP contribution in [0, 0.1) is 0 Å². The molecule has 8 heteroatoms. The lowest BCUT2D eigenvalue weighted by molar-refractivity contribution is 1.03. The number of rotatable bonds is 2. The van der Waals surface area contributed by atoms with Crippen LogP contribution >= 0.6 is 58.2 Å². The first-order chi connectivity index (χ1) is 11.0. The lowest BCUT2D eigenvalue weighted by atomic mass is 10.1. The van der Waals surface area contributed by atoms with Crippen LogP contribution in [0.4, 0.5) is 5.69 Å². The summed E-state index contributed by atoms with van der Waals surface area (Å²) >= 11 is 25.5. The van der Waals surface area contributed by atoms with Crippen molar-refractivity contribution < 1.29 is 0 Å². The summed E-state index contributed by atoms with van der Waals surface area (Å²) in [4.78, 5) is 4.44. The van der Waals surface area contributed by atoms with Gasteiger partial charge in [0.05, 0.1) is 26.5 Å². The molecule has 0 aromatic heterocycles. The third-order valence-corrected chi connectivity index (χ3v) is 5.17. The van der Waals surface area contributed by atoms with E-state index in [9.17, 15) is 0 Å². The maximum absolute atomic E-state index is 6.11. The summed E-state index contributed by atoms with van der Waals surface area (Å²) in [6, 6.07) is 10.6. The van der Waals surface area contributed by atoms with Gasteiger partial charge in [-0.15, -0.1) is 0 Å². The van der Waals surface area contributed by atoms with Gasteiger partial charge in [-0.1, -0.05) is 64.2 Å². The maximum atomic E-state index is 6.11. The first-order valence-electron chi connectivity index (χ1n) is 6.47. The van der Waals surface area contributed by atoms with E-state index < -0.39 is 0 Å². The summed E-state index contributed by atoms with van der Waals surface area (Å²) in [5, 5.41) is 7.09. The smallest absolute Gasteiger partial charge is 0.182 e. The Hall–Kier alpha value is -0.910. The molecular formula is C15H9Cl4N3S. The summed E-state index contributed by atoms with van der Waals surface area (Å²) in [5.41, 5.74) is 5.35.